The number of methoxy groups -OCH3 is 1. The molecule has 1 N–H and O–H groups in total. The van der Waals surface area contributed by atoms with Crippen LogP contribution in [0.3, 0.4) is 0 Å². The van der Waals surface area contributed by atoms with E-state index in [2.05, 4.69) is 35.2 Å². The van der Waals surface area contributed by atoms with Gasteiger partial charge >= 0.3 is 0 Å². The predicted octanol–water partition coefficient (Wildman–Crippen LogP) is 2.55. The Balaban J connectivity index is 1.55. The van der Waals surface area contributed by atoms with Gasteiger partial charge in [0.1, 0.15) is 5.75 Å². The summed E-state index contributed by atoms with van der Waals surface area (Å²) in [5.74, 6) is 1.08. The smallest absolute Gasteiger partial charge is 0.237 e. The van der Waals surface area contributed by atoms with Crippen molar-refractivity contribution in [3.8, 4) is 5.75 Å². The van der Waals surface area contributed by atoms with Crippen LogP contribution in [0.25, 0.3) is 0 Å². The van der Waals surface area contributed by atoms with Crippen molar-refractivity contribution < 1.29 is 9.53 Å². The molecule has 2 fully saturated rings. The minimum absolute atomic E-state index is 0.0404. The summed E-state index contributed by atoms with van der Waals surface area (Å²) in [7, 11) is 3.89. The Labute approximate surface area is 164 Å². The lowest BCUT2D eigenvalue weighted by Crippen LogP contribution is -2.44. The van der Waals surface area contributed by atoms with Gasteiger partial charge in [-0.1, -0.05) is 19.1 Å². The molecule has 1 aromatic carbocycles. The minimum atomic E-state index is 0.0404. The van der Waals surface area contributed by atoms with Crippen LogP contribution in [-0.2, 0) is 11.2 Å². The monoisotopic (exact) mass is 373 g/mol. The minimum Gasteiger partial charge on any atom is -0.497 e. The highest BCUT2D eigenvalue weighted by Gasteiger charge is 2.47. The number of benzene rings is 1. The fourth-order valence-corrected chi connectivity index (χ4v) is 4.66. The number of rotatable bonds is 7. The van der Waals surface area contributed by atoms with Crippen LogP contribution in [0.4, 0.5) is 0 Å². The molecule has 1 aromatic rings. The molecule has 0 radical (unpaired) electrons. The van der Waals surface area contributed by atoms with Crippen LogP contribution in [0, 0.1) is 5.41 Å². The highest BCUT2D eigenvalue weighted by Crippen LogP contribution is 2.43. The maximum Gasteiger partial charge on any atom is 0.237 e. The maximum atomic E-state index is 12.9. The van der Waals surface area contributed by atoms with Gasteiger partial charge in [-0.05, 0) is 81.9 Å². The Morgan fingerprint density at radius 3 is 2.81 bits per heavy atom. The average molecular weight is 374 g/mol. The largest absolute Gasteiger partial charge is 0.497 e. The van der Waals surface area contributed by atoms with E-state index < -0.39 is 0 Å². The van der Waals surface area contributed by atoms with Gasteiger partial charge in [-0.25, -0.2) is 0 Å². The van der Waals surface area contributed by atoms with E-state index in [1.165, 1.54) is 18.4 Å². The SMILES string of the molecule is CCCN1CC2(CCN(C)CC2)C[C@@H]1C(=O)NCCc1cccc(OC)c1. The highest BCUT2D eigenvalue weighted by atomic mass is 16.5. The van der Waals surface area contributed by atoms with Crippen LogP contribution < -0.4 is 10.1 Å². The lowest BCUT2D eigenvalue weighted by molar-refractivity contribution is -0.125. The van der Waals surface area contributed by atoms with Crippen molar-refractivity contribution in [1.29, 1.82) is 0 Å². The molecule has 1 amide bonds. The Hall–Kier alpha value is -1.59. The van der Waals surface area contributed by atoms with E-state index in [1.807, 2.05) is 18.2 Å². The molecule has 0 saturated carbocycles. The van der Waals surface area contributed by atoms with Crippen molar-refractivity contribution in [2.24, 2.45) is 5.41 Å². The van der Waals surface area contributed by atoms with Gasteiger partial charge in [-0.3, -0.25) is 9.69 Å². The fourth-order valence-electron chi connectivity index (χ4n) is 4.66. The molecular weight excluding hydrogens is 338 g/mol. The number of hydrogen-bond acceptors (Lipinski definition) is 4. The van der Waals surface area contributed by atoms with Crippen LogP contribution in [0.15, 0.2) is 24.3 Å². The van der Waals surface area contributed by atoms with Crippen molar-refractivity contribution >= 4 is 5.91 Å². The standard InChI is InChI=1S/C22H35N3O2/c1-4-12-25-17-22(9-13-24(2)14-10-22)16-20(25)21(26)23-11-8-18-6-5-7-19(15-18)27-3/h5-7,15,20H,4,8-14,16-17H2,1-3H3,(H,23,26)/t20-/m1/s1. The molecule has 0 aliphatic carbocycles. The van der Waals surface area contributed by atoms with Crippen LogP contribution in [0.2, 0.25) is 0 Å². The first-order chi connectivity index (χ1) is 13.0. The lowest BCUT2D eigenvalue weighted by atomic mass is 9.76. The zero-order valence-corrected chi connectivity index (χ0v) is 17.2. The topological polar surface area (TPSA) is 44.8 Å². The first-order valence-corrected chi connectivity index (χ1v) is 10.4. The summed E-state index contributed by atoms with van der Waals surface area (Å²) in [6, 6.07) is 8.11. The van der Waals surface area contributed by atoms with Crippen molar-refractivity contribution in [2.45, 2.75) is 45.1 Å². The molecule has 150 valence electrons. The number of piperidine rings is 1. The van der Waals surface area contributed by atoms with Gasteiger partial charge in [0.25, 0.3) is 0 Å². The summed E-state index contributed by atoms with van der Waals surface area (Å²) in [6.07, 6.45) is 5.39. The average Bonchev–Trinajstić information content (AvgIpc) is 3.03. The van der Waals surface area contributed by atoms with Gasteiger partial charge in [-0.2, -0.15) is 0 Å². The molecule has 0 unspecified atom stereocenters. The zero-order chi connectivity index (χ0) is 19.3. The second kappa shape index (κ2) is 9.07. The van der Waals surface area contributed by atoms with Gasteiger partial charge in [0.15, 0.2) is 0 Å². The number of nitrogens with zero attached hydrogens (tertiary/aromatic N) is 2. The highest BCUT2D eigenvalue weighted by molar-refractivity contribution is 5.82. The molecule has 1 spiro atoms. The Morgan fingerprint density at radius 1 is 1.33 bits per heavy atom. The van der Waals surface area contributed by atoms with E-state index in [0.29, 0.717) is 12.0 Å². The van der Waals surface area contributed by atoms with Gasteiger partial charge in [0.05, 0.1) is 13.2 Å². The molecule has 2 saturated heterocycles. The number of amides is 1. The predicted molar refractivity (Wildman–Crippen MR) is 109 cm³/mol. The molecule has 2 heterocycles. The molecule has 0 bridgehead atoms. The van der Waals surface area contributed by atoms with Crippen molar-refractivity contribution in [2.75, 3.05) is 46.9 Å². The molecule has 0 aromatic heterocycles. The molecule has 1 atom stereocenters. The number of likely N-dealkylation sites (tertiary alicyclic amines) is 2. The van der Waals surface area contributed by atoms with Crippen LogP contribution >= 0.6 is 0 Å². The van der Waals surface area contributed by atoms with Gasteiger partial charge in [0.2, 0.25) is 5.91 Å². The van der Waals surface area contributed by atoms with E-state index >= 15 is 0 Å². The zero-order valence-electron chi connectivity index (χ0n) is 17.2. The first kappa shape index (κ1) is 20.2. The summed E-state index contributed by atoms with van der Waals surface area (Å²) >= 11 is 0. The van der Waals surface area contributed by atoms with E-state index in [4.69, 9.17) is 4.74 Å². The van der Waals surface area contributed by atoms with E-state index in [0.717, 1.165) is 51.2 Å². The fraction of sp³-hybridized carbons (Fsp3) is 0.682. The van der Waals surface area contributed by atoms with Crippen LogP contribution in [0.5, 0.6) is 5.75 Å². The third-order valence-electron chi connectivity index (χ3n) is 6.31. The third kappa shape index (κ3) is 5.02. The summed E-state index contributed by atoms with van der Waals surface area (Å²) in [6.45, 7) is 7.30. The number of ether oxygens (including phenoxy) is 1. The molecular formula is C22H35N3O2. The van der Waals surface area contributed by atoms with Crippen molar-refractivity contribution in [3.63, 3.8) is 0 Å². The van der Waals surface area contributed by atoms with Gasteiger partial charge in [-0.15, -0.1) is 0 Å². The van der Waals surface area contributed by atoms with E-state index in [1.54, 1.807) is 7.11 Å². The molecule has 2 aliphatic rings. The summed E-state index contributed by atoms with van der Waals surface area (Å²) in [4.78, 5) is 17.8. The maximum absolute atomic E-state index is 12.9. The number of hydrogen-bond donors (Lipinski definition) is 1. The lowest BCUT2D eigenvalue weighted by Gasteiger charge is -2.37. The van der Waals surface area contributed by atoms with Crippen LogP contribution in [0.1, 0.15) is 38.2 Å². The Morgan fingerprint density at radius 2 is 2.11 bits per heavy atom. The molecule has 5 heteroatoms. The van der Waals surface area contributed by atoms with Gasteiger partial charge in [0, 0.05) is 13.1 Å². The summed E-state index contributed by atoms with van der Waals surface area (Å²) < 4.78 is 5.28. The number of carbonyl (C=O) groups is 1. The second-order valence-corrected chi connectivity index (χ2v) is 8.39. The first-order valence-electron chi connectivity index (χ1n) is 10.4. The summed E-state index contributed by atoms with van der Waals surface area (Å²) in [5.41, 5.74) is 1.54. The van der Waals surface area contributed by atoms with Gasteiger partial charge < -0.3 is 15.0 Å². The van der Waals surface area contributed by atoms with E-state index in [-0.39, 0.29) is 11.9 Å². The van der Waals surface area contributed by atoms with E-state index in [9.17, 15) is 4.79 Å². The normalized spacial score (nSPS) is 22.9. The number of nitrogens with one attached hydrogen (secondary N) is 1. The van der Waals surface area contributed by atoms with Crippen LogP contribution in [-0.4, -0.2) is 68.6 Å². The molecule has 2 aliphatic heterocycles. The number of carbonyl (C=O) groups excluding carboxylic acids is 1. The van der Waals surface area contributed by atoms with Crippen molar-refractivity contribution in [3.05, 3.63) is 29.8 Å². The van der Waals surface area contributed by atoms with Crippen molar-refractivity contribution in [1.82, 2.24) is 15.1 Å². The Bertz CT molecular complexity index is 626. The quantitative estimate of drug-likeness (QED) is 0.798. The summed E-state index contributed by atoms with van der Waals surface area (Å²) in [5, 5.41) is 3.20. The molecule has 27 heavy (non-hydrogen) atoms. The second-order valence-electron chi connectivity index (χ2n) is 8.39. The third-order valence-corrected chi connectivity index (χ3v) is 6.31. The Kier molecular flexibility index (Phi) is 6.77. The molecule has 3 rings (SSSR count). The molecule has 5 nitrogen and oxygen atoms in total.